The van der Waals surface area contributed by atoms with Crippen molar-refractivity contribution >= 4 is 45.0 Å². The van der Waals surface area contributed by atoms with E-state index in [1.54, 1.807) is 17.8 Å². The van der Waals surface area contributed by atoms with Crippen molar-refractivity contribution in [2.75, 3.05) is 18.1 Å². The van der Waals surface area contributed by atoms with Crippen molar-refractivity contribution in [1.82, 2.24) is 10.0 Å². The highest BCUT2D eigenvalue weighted by Gasteiger charge is 2.26. The van der Waals surface area contributed by atoms with Crippen LogP contribution in [0.2, 0.25) is 10.0 Å². The number of nitrogens with one attached hydrogen (secondary N) is 2. The van der Waals surface area contributed by atoms with E-state index in [1.165, 1.54) is 6.07 Å². The van der Waals surface area contributed by atoms with Gasteiger partial charge >= 0.3 is 0 Å². The first kappa shape index (κ1) is 17.4. The number of benzene rings is 1. The molecule has 0 radical (unpaired) electrons. The molecule has 1 aromatic carbocycles. The molecule has 8 heteroatoms. The van der Waals surface area contributed by atoms with Gasteiger partial charge in [-0.15, -0.1) is 0 Å². The summed E-state index contributed by atoms with van der Waals surface area (Å²) < 4.78 is 27.7. The molecule has 1 unspecified atom stereocenters. The summed E-state index contributed by atoms with van der Waals surface area (Å²) in [5, 5.41) is 3.73. The van der Waals surface area contributed by atoms with Gasteiger partial charge in [-0.05, 0) is 36.4 Å². The lowest BCUT2D eigenvalue weighted by Gasteiger charge is -2.15. The minimum absolute atomic E-state index is 0.0349. The Morgan fingerprint density at radius 3 is 2.76 bits per heavy atom. The molecule has 1 fully saturated rings. The third-order valence-corrected chi connectivity index (χ3v) is 6.67. The van der Waals surface area contributed by atoms with Gasteiger partial charge in [-0.1, -0.05) is 30.1 Å². The van der Waals surface area contributed by atoms with Crippen molar-refractivity contribution in [1.29, 1.82) is 0 Å². The van der Waals surface area contributed by atoms with Gasteiger partial charge in [0.2, 0.25) is 10.0 Å². The Kier molecular flexibility index (Phi) is 6.23. The smallest absolute Gasteiger partial charge is 0.242 e. The summed E-state index contributed by atoms with van der Waals surface area (Å²) in [5.74, 6) is 1.77. The van der Waals surface area contributed by atoms with Gasteiger partial charge in [0.25, 0.3) is 0 Å². The van der Waals surface area contributed by atoms with Crippen molar-refractivity contribution in [2.24, 2.45) is 0 Å². The SMILES string of the molecule is CCNCc1cc(Cl)cc(S(=O)(=O)NC2CCSC2)c1Cl. The monoisotopic (exact) mass is 368 g/mol. The van der Waals surface area contributed by atoms with Gasteiger partial charge in [0.15, 0.2) is 0 Å². The predicted molar refractivity (Wildman–Crippen MR) is 89.9 cm³/mol. The van der Waals surface area contributed by atoms with E-state index in [4.69, 9.17) is 23.2 Å². The quantitative estimate of drug-likeness (QED) is 0.810. The average Bonchev–Trinajstić information content (AvgIpc) is 2.91. The summed E-state index contributed by atoms with van der Waals surface area (Å²) in [6.07, 6.45) is 0.840. The van der Waals surface area contributed by atoms with Crippen LogP contribution >= 0.6 is 35.0 Å². The van der Waals surface area contributed by atoms with Crippen molar-refractivity contribution in [2.45, 2.75) is 30.8 Å². The van der Waals surface area contributed by atoms with Crippen LogP contribution in [0.25, 0.3) is 0 Å². The zero-order valence-electron chi connectivity index (χ0n) is 11.7. The second-order valence-corrected chi connectivity index (χ2v) is 8.49. The normalized spacial score (nSPS) is 19.1. The summed E-state index contributed by atoms with van der Waals surface area (Å²) >= 11 is 14.0. The zero-order valence-corrected chi connectivity index (χ0v) is 14.8. The van der Waals surface area contributed by atoms with E-state index in [0.717, 1.165) is 24.5 Å². The standard InChI is InChI=1S/C13H18Cl2N2O2S2/c1-2-16-7-9-5-10(14)6-12(13(9)15)21(18,19)17-11-3-4-20-8-11/h5-6,11,16-17H,2-4,7-8H2,1H3. The molecule has 21 heavy (non-hydrogen) atoms. The molecule has 4 nitrogen and oxygen atoms in total. The summed E-state index contributed by atoms with van der Waals surface area (Å²) in [6, 6.07) is 3.06. The molecule has 0 aromatic heterocycles. The van der Waals surface area contributed by atoms with Crippen LogP contribution in [0, 0.1) is 0 Å². The van der Waals surface area contributed by atoms with Gasteiger partial charge in [-0.2, -0.15) is 11.8 Å². The molecule has 2 N–H and O–H groups in total. The Labute approximate surface area is 140 Å². The molecule has 1 atom stereocenters. The second-order valence-electron chi connectivity index (χ2n) is 4.84. The van der Waals surface area contributed by atoms with Crippen LogP contribution in [0.5, 0.6) is 0 Å². The highest BCUT2D eigenvalue weighted by atomic mass is 35.5. The summed E-state index contributed by atoms with van der Waals surface area (Å²) in [6.45, 7) is 3.22. The maximum absolute atomic E-state index is 12.5. The molecule has 1 aromatic rings. The Bertz CT molecular complexity index is 602. The van der Waals surface area contributed by atoms with Gasteiger partial charge < -0.3 is 5.32 Å². The predicted octanol–water partition coefficient (Wildman–Crippen LogP) is 2.89. The van der Waals surface area contributed by atoms with Gasteiger partial charge in [0.1, 0.15) is 4.90 Å². The lowest BCUT2D eigenvalue weighted by Crippen LogP contribution is -2.34. The summed E-state index contributed by atoms with van der Waals surface area (Å²) in [7, 11) is -3.65. The molecule has 0 amide bonds. The Balaban J connectivity index is 2.30. The fourth-order valence-electron chi connectivity index (χ4n) is 2.11. The van der Waals surface area contributed by atoms with Gasteiger partial charge in [-0.25, -0.2) is 13.1 Å². The first-order valence-electron chi connectivity index (χ1n) is 6.72. The molecule has 0 spiro atoms. The van der Waals surface area contributed by atoms with Crippen LogP contribution < -0.4 is 10.0 Å². The summed E-state index contributed by atoms with van der Waals surface area (Å²) in [4.78, 5) is 0.0569. The highest BCUT2D eigenvalue weighted by Crippen LogP contribution is 2.30. The highest BCUT2D eigenvalue weighted by molar-refractivity contribution is 7.99. The maximum Gasteiger partial charge on any atom is 0.242 e. The van der Waals surface area contributed by atoms with Crippen LogP contribution in [0.4, 0.5) is 0 Å². The molecule has 1 saturated heterocycles. The van der Waals surface area contributed by atoms with Crippen LogP contribution in [0.15, 0.2) is 17.0 Å². The third kappa shape index (κ3) is 4.50. The van der Waals surface area contributed by atoms with Crippen molar-refractivity contribution in [3.8, 4) is 0 Å². The molecule has 1 heterocycles. The molecular weight excluding hydrogens is 351 g/mol. The fraction of sp³-hybridized carbons (Fsp3) is 0.538. The lowest BCUT2D eigenvalue weighted by atomic mass is 10.2. The molecule has 0 aliphatic carbocycles. The van der Waals surface area contributed by atoms with Crippen molar-refractivity contribution < 1.29 is 8.42 Å². The number of rotatable bonds is 6. The van der Waals surface area contributed by atoms with Crippen molar-refractivity contribution in [3.05, 3.63) is 27.7 Å². The molecule has 1 aliphatic heterocycles. The van der Waals surface area contributed by atoms with E-state index >= 15 is 0 Å². The van der Waals surface area contributed by atoms with E-state index in [1.807, 2.05) is 6.92 Å². The fourth-order valence-corrected chi connectivity index (χ4v) is 5.57. The van der Waals surface area contributed by atoms with E-state index < -0.39 is 10.0 Å². The third-order valence-electron chi connectivity index (χ3n) is 3.19. The van der Waals surface area contributed by atoms with Crippen LogP contribution in [-0.2, 0) is 16.6 Å². The van der Waals surface area contributed by atoms with Gasteiger partial charge in [0.05, 0.1) is 5.02 Å². The van der Waals surface area contributed by atoms with Gasteiger partial charge in [-0.3, -0.25) is 0 Å². The number of hydrogen-bond acceptors (Lipinski definition) is 4. The van der Waals surface area contributed by atoms with Crippen LogP contribution in [0.3, 0.4) is 0 Å². The molecular formula is C13H18Cl2N2O2S2. The van der Waals surface area contributed by atoms with E-state index in [-0.39, 0.29) is 16.0 Å². The second kappa shape index (κ2) is 7.53. The number of sulfonamides is 1. The Hall–Kier alpha value is 0.0200. The zero-order chi connectivity index (χ0) is 15.5. The van der Waals surface area contributed by atoms with Crippen LogP contribution in [0.1, 0.15) is 18.9 Å². The first-order chi connectivity index (χ1) is 9.94. The molecule has 0 saturated carbocycles. The Morgan fingerprint density at radius 2 is 2.14 bits per heavy atom. The lowest BCUT2D eigenvalue weighted by molar-refractivity contribution is 0.563. The Morgan fingerprint density at radius 1 is 1.38 bits per heavy atom. The largest absolute Gasteiger partial charge is 0.313 e. The van der Waals surface area contributed by atoms with E-state index in [2.05, 4.69) is 10.0 Å². The number of hydrogen-bond donors (Lipinski definition) is 2. The summed E-state index contributed by atoms with van der Waals surface area (Å²) in [5.41, 5.74) is 0.687. The van der Waals surface area contributed by atoms with Crippen LogP contribution in [-0.4, -0.2) is 32.5 Å². The molecule has 118 valence electrons. The first-order valence-corrected chi connectivity index (χ1v) is 10.1. The van der Waals surface area contributed by atoms with Crippen molar-refractivity contribution in [3.63, 3.8) is 0 Å². The molecule has 0 bridgehead atoms. The topological polar surface area (TPSA) is 58.2 Å². The van der Waals surface area contributed by atoms with E-state index in [9.17, 15) is 8.42 Å². The molecule has 2 rings (SSSR count). The number of thioether (sulfide) groups is 1. The average molecular weight is 369 g/mol. The molecule has 1 aliphatic rings. The number of halogens is 2. The van der Waals surface area contributed by atoms with Gasteiger partial charge in [0, 0.05) is 23.4 Å². The van der Waals surface area contributed by atoms with E-state index in [0.29, 0.717) is 17.1 Å². The minimum Gasteiger partial charge on any atom is -0.313 e. The minimum atomic E-state index is -3.65. The maximum atomic E-state index is 12.5.